The molecule has 1 heterocycles. The summed E-state index contributed by atoms with van der Waals surface area (Å²) < 4.78 is 27.3. The molecular formula is C8H11F2N5O4. The van der Waals surface area contributed by atoms with E-state index >= 15 is 0 Å². The van der Waals surface area contributed by atoms with Crippen molar-refractivity contribution in [3.8, 4) is 0 Å². The molecule has 1 aromatic heterocycles. The van der Waals surface area contributed by atoms with E-state index in [1.165, 1.54) is 0 Å². The molecule has 0 atom stereocenters. The molecule has 0 radical (unpaired) electrons. The van der Waals surface area contributed by atoms with Gasteiger partial charge < -0.3 is 20.5 Å². The lowest BCUT2D eigenvalue weighted by molar-refractivity contribution is -0.394. The van der Waals surface area contributed by atoms with Gasteiger partial charge >= 0.3 is 11.9 Å². The molecule has 11 heteroatoms. The molecule has 0 saturated heterocycles. The van der Waals surface area contributed by atoms with Crippen LogP contribution in [0.2, 0.25) is 0 Å². The first-order valence-electron chi connectivity index (χ1n) is 5.17. The number of aliphatic hydroxyl groups is 1. The first kappa shape index (κ1) is 14.9. The maximum Gasteiger partial charge on any atom is 0.490 e. The van der Waals surface area contributed by atoms with Gasteiger partial charge in [0.1, 0.15) is 6.54 Å². The number of halogens is 2. The molecule has 2 N–H and O–H groups in total. The predicted molar refractivity (Wildman–Crippen MR) is 56.3 cm³/mol. The minimum absolute atomic E-state index is 0.0948. The van der Waals surface area contributed by atoms with E-state index in [1.807, 2.05) is 5.32 Å². The smallest absolute Gasteiger partial charge is 0.396 e. The second kappa shape index (κ2) is 6.13. The molecular weight excluding hydrogens is 268 g/mol. The van der Waals surface area contributed by atoms with E-state index in [0.29, 0.717) is 4.68 Å². The molecule has 0 fully saturated rings. The lowest BCUT2D eigenvalue weighted by Gasteiger charge is -2.14. The lowest BCUT2D eigenvalue weighted by atomic mass is 10.3. The van der Waals surface area contributed by atoms with Crippen LogP contribution in [0.1, 0.15) is 6.42 Å². The number of nitro groups is 1. The number of amides is 1. The van der Waals surface area contributed by atoms with E-state index in [2.05, 4.69) is 10.1 Å². The van der Waals surface area contributed by atoms with Gasteiger partial charge in [0.25, 0.3) is 5.91 Å². The minimum Gasteiger partial charge on any atom is -0.396 e. The van der Waals surface area contributed by atoms with E-state index in [1.54, 1.807) is 0 Å². The molecule has 19 heavy (non-hydrogen) atoms. The van der Waals surface area contributed by atoms with Gasteiger partial charge in [0.15, 0.2) is 0 Å². The number of alkyl halides is 2. The Morgan fingerprint density at radius 3 is 2.84 bits per heavy atom. The number of carbonyl (C=O) groups is 1. The summed E-state index contributed by atoms with van der Waals surface area (Å²) >= 11 is 0. The Bertz CT molecular complexity index is 464. The van der Waals surface area contributed by atoms with Gasteiger partial charge in [-0.05, 0) is 11.3 Å². The maximum atomic E-state index is 13.4. The highest BCUT2D eigenvalue weighted by molar-refractivity contribution is 5.83. The standard InChI is InChI=1S/C8H11F2N5O4/c9-8(10,6(17)11-2-1-3-16)4-14-5-12-7(13-14)15(18)19/h5,16H,1-4H2,(H,11,17). The van der Waals surface area contributed by atoms with Crippen molar-refractivity contribution < 1.29 is 23.6 Å². The zero-order valence-corrected chi connectivity index (χ0v) is 9.62. The molecule has 0 spiro atoms. The van der Waals surface area contributed by atoms with E-state index in [-0.39, 0.29) is 19.6 Å². The zero-order chi connectivity index (χ0) is 14.5. The average molecular weight is 279 g/mol. The number of nitrogens with one attached hydrogen (secondary N) is 1. The fourth-order valence-corrected chi connectivity index (χ4v) is 1.13. The van der Waals surface area contributed by atoms with Gasteiger partial charge in [-0.25, -0.2) is 0 Å². The zero-order valence-electron chi connectivity index (χ0n) is 9.62. The Hall–Kier alpha value is -2.17. The summed E-state index contributed by atoms with van der Waals surface area (Å²) in [6, 6.07) is 0. The number of nitrogens with zero attached hydrogens (tertiary/aromatic N) is 4. The summed E-state index contributed by atoms with van der Waals surface area (Å²) in [4.78, 5) is 23.7. The summed E-state index contributed by atoms with van der Waals surface area (Å²) in [7, 11) is 0. The molecule has 1 amide bonds. The van der Waals surface area contributed by atoms with E-state index in [0.717, 1.165) is 6.33 Å². The number of hydrogen-bond donors (Lipinski definition) is 2. The quantitative estimate of drug-likeness (QED) is 0.387. The third kappa shape index (κ3) is 4.21. The molecule has 0 aromatic carbocycles. The van der Waals surface area contributed by atoms with Gasteiger partial charge in [-0.15, -0.1) is 0 Å². The Morgan fingerprint density at radius 2 is 2.32 bits per heavy atom. The van der Waals surface area contributed by atoms with Crippen LogP contribution >= 0.6 is 0 Å². The van der Waals surface area contributed by atoms with Crippen molar-refractivity contribution in [1.29, 1.82) is 0 Å². The first-order valence-corrected chi connectivity index (χ1v) is 5.17. The van der Waals surface area contributed by atoms with Gasteiger partial charge in [0, 0.05) is 18.3 Å². The Balaban J connectivity index is 2.61. The first-order chi connectivity index (χ1) is 8.86. The Morgan fingerprint density at radius 1 is 1.63 bits per heavy atom. The molecule has 1 aromatic rings. The Labute approximate surface area is 105 Å². The number of aromatic nitrogens is 3. The van der Waals surface area contributed by atoms with Crippen LogP contribution in [-0.2, 0) is 11.3 Å². The summed E-state index contributed by atoms with van der Waals surface area (Å²) in [5.74, 6) is -6.15. The fourth-order valence-electron chi connectivity index (χ4n) is 1.13. The number of rotatable bonds is 7. The third-order valence-electron chi connectivity index (χ3n) is 2.00. The van der Waals surface area contributed by atoms with Crippen molar-refractivity contribution in [3.63, 3.8) is 0 Å². The normalized spacial score (nSPS) is 11.3. The largest absolute Gasteiger partial charge is 0.490 e. The van der Waals surface area contributed by atoms with Crippen molar-refractivity contribution >= 4 is 11.9 Å². The van der Waals surface area contributed by atoms with Crippen LogP contribution in [0.25, 0.3) is 0 Å². The molecule has 106 valence electrons. The molecule has 9 nitrogen and oxygen atoms in total. The van der Waals surface area contributed by atoms with Crippen molar-refractivity contribution in [3.05, 3.63) is 16.4 Å². The second-order valence-electron chi connectivity index (χ2n) is 3.54. The van der Waals surface area contributed by atoms with Crippen molar-refractivity contribution in [1.82, 2.24) is 20.1 Å². The van der Waals surface area contributed by atoms with E-state index in [9.17, 15) is 23.7 Å². The lowest BCUT2D eigenvalue weighted by Crippen LogP contribution is -2.43. The fraction of sp³-hybridized carbons (Fsp3) is 0.625. The molecule has 0 aliphatic carbocycles. The van der Waals surface area contributed by atoms with Gasteiger partial charge in [-0.3, -0.25) is 4.79 Å². The second-order valence-corrected chi connectivity index (χ2v) is 3.54. The highest BCUT2D eigenvalue weighted by Crippen LogP contribution is 2.16. The monoisotopic (exact) mass is 279 g/mol. The molecule has 0 saturated carbocycles. The molecule has 0 unspecified atom stereocenters. The van der Waals surface area contributed by atoms with Crippen LogP contribution in [0.5, 0.6) is 0 Å². The molecule has 1 rings (SSSR count). The highest BCUT2D eigenvalue weighted by Gasteiger charge is 2.40. The number of hydrogen-bond acceptors (Lipinski definition) is 6. The van der Waals surface area contributed by atoms with Crippen LogP contribution in [-0.4, -0.2) is 49.8 Å². The van der Waals surface area contributed by atoms with Crippen molar-refractivity contribution in [2.45, 2.75) is 18.9 Å². The van der Waals surface area contributed by atoms with Crippen LogP contribution in [0.15, 0.2) is 6.33 Å². The SMILES string of the molecule is O=C(NCCCO)C(F)(F)Cn1cnc([N+](=O)[O-])n1. The van der Waals surface area contributed by atoms with Gasteiger partial charge in [0.05, 0.1) is 0 Å². The van der Waals surface area contributed by atoms with Gasteiger partial charge in [-0.2, -0.15) is 13.5 Å². The van der Waals surface area contributed by atoms with Crippen molar-refractivity contribution in [2.75, 3.05) is 13.2 Å². The van der Waals surface area contributed by atoms with Crippen LogP contribution in [0.4, 0.5) is 14.7 Å². The average Bonchev–Trinajstić information content (AvgIpc) is 2.77. The van der Waals surface area contributed by atoms with Crippen LogP contribution < -0.4 is 5.32 Å². The highest BCUT2D eigenvalue weighted by atomic mass is 19.3. The molecule has 0 bridgehead atoms. The Kier molecular flexibility index (Phi) is 4.80. The summed E-state index contributed by atoms with van der Waals surface area (Å²) in [5.41, 5.74) is 0. The third-order valence-corrected chi connectivity index (χ3v) is 2.00. The van der Waals surface area contributed by atoms with Crippen LogP contribution in [0, 0.1) is 10.1 Å². The minimum atomic E-state index is -3.78. The maximum absolute atomic E-state index is 13.4. The molecule has 0 aliphatic rings. The van der Waals surface area contributed by atoms with E-state index in [4.69, 9.17) is 5.11 Å². The van der Waals surface area contributed by atoms with Gasteiger partial charge in [-0.1, -0.05) is 4.98 Å². The van der Waals surface area contributed by atoms with Gasteiger partial charge in [0.2, 0.25) is 6.33 Å². The topological polar surface area (TPSA) is 123 Å². The summed E-state index contributed by atoms with van der Waals surface area (Å²) in [6.07, 6.45) is 0.893. The molecule has 0 aliphatic heterocycles. The van der Waals surface area contributed by atoms with Crippen LogP contribution in [0.3, 0.4) is 0 Å². The summed E-state index contributed by atoms with van der Waals surface area (Å²) in [6.45, 7) is -1.48. The van der Waals surface area contributed by atoms with Crippen molar-refractivity contribution in [2.24, 2.45) is 0 Å². The summed E-state index contributed by atoms with van der Waals surface area (Å²) in [5, 5.41) is 23.8. The predicted octanol–water partition coefficient (Wildman–Crippen LogP) is -0.680. The number of aliphatic hydroxyl groups excluding tert-OH is 1. The number of carbonyl (C=O) groups excluding carboxylic acids is 1. The van der Waals surface area contributed by atoms with E-state index < -0.39 is 29.2 Å².